The molecular formula is C10H9N3O4. The summed E-state index contributed by atoms with van der Waals surface area (Å²) >= 11 is 0. The summed E-state index contributed by atoms with van der Waals surface area (Å²) in [4.78, 5) is 33.9. The van der Waals surface area contributed by atoms with Crippen molar-refractivity contribution in [1.29, 1.82) is 0 Å². The Morgan fingerprint density at radius 2 is 2.12 bits per heavy atom. The van der Waals surface area contributed by atoms with Crippen LogP contribution in [0.25, 0.3) is 0 Å². The minimum Gasteiger partial charge on any atom is -0.328 e. The van der Waals surface area contributed by atoms with Crippen molar-refractivity contribution in [1.82, 2.24) is 5.32 Å². The molecule has 1 aliphatic rings. The Balaban J connectivity index is 2.43. The Labute approximate surface area is 96.2 Å². The molecule has 0 aliphatic carbocycles. The standard InChI is InChI=1S/C10H9N3O4/c1-6-4-7(13(16)17)2-3-8(6)12-9(14)5-11-10(12)15/h2-4H,5H2,1H3,(H,11,15). The fourth-order valence-electron chi connectivity index (χ4n) is 1.67. The van der Waals surface area contributed by atoms with Crippen LogP contribution in [0.2, 0.25) is 0 Å². The number of non-ortho nitro benzene ring substituents is 1. The number of carbonyl (C=O) groups is 2. The molecule has 7 heteroatoms. The molecule has 17 heavy (non-hydrogen) atoms. The van der Waals surface area contributed by atoms with E-state index in [2.05, 4.69) is 5.32 Å². The van der Waals surface area contributed by atoms with Crippen LogP contribution < -0.4 is 10.2 Å². The number of benzene rings is 1. The number of imide groups is 1. The highest BCUT2D eigenvalue weighted by Gasteiger charge is 2.31. The minimum absolute atomic E-state index is 0.0464. The number of nitro benzene ring substituents is 1. The fourth-order valence-corrected chi connectivity index (χ4v) is 1.67. The van der Waals surface area contributed by atoms with Gasteiger partial charge in [-0.3, -0.25) is 14.9 Å². The van der Waals surface area contributed by atoms with Gasteiger partial charge >= 0.3 is 6.03 Å². The van der Waals surface area contributed by atoms with E-state index in [9.17, 15) is 19.7 Å². The highest BCUT2D eigenvalue weighted by Crippen LogP contribution is 2.26. The van der Waals surface area contributed by atoms with Gasteiger partial charge in [-0.05, 0) is 18.6 Å². The minimum atomic E-state index is -0.525. The molecule has 0 unspecified atom stereocenters. The van der Waals surface area contributed by atoms with Gasteiger partial charge in [0.15, 0.2) is 0 Å². The molecule has 0 aromatic heterocycles. The maximum atomic E-state index is 11.5. The first-order chi connectivity index (χ1) is 8.00. The maximum absolute atomic E-state index is 11.5. The zero-order valence-corrected chi connectivity index (χ0v) is 8.97. The normalized spacial score (nSPS) is 15.0. The Bertz CT molecular complexity index is 510. The van der Waals surface area contributed by atoms with E-state index in [-0.39, 0.29) is 18.1 Å². The molecule has 1 aromatic carbocycles. The van der Waals surface area contributed by atoms with Crippen LogP contribution in [0.15, 0.2) is 18.2 Å². The van der Waals surface area contributed by atoms with Crippen molar-refractivity contribution in [2.75, 3.05) is 11.4 Å². The summed E-state index contributed by atoms with van der Waals surface area (Å²) in [6.07, 6.45) is 0. The van der Waals surface area contributed by atoms with Crippen LogP contribution in [0.5, 0.6) is 0 Å². The summed E-state index contributed by atoms with van der Waals surface area (Å²) in [6.45, 7) is 1.57. The van der Waals surface area contributed by atoms with Crippen LogP contribution in [0.3, 0.4) is 0 Å². The van der Waals surface area contributed by atoms with E-state index in [0.717, 1.165) is 4.90 Å². The molecule has 1 aromatic rings. The van der Waals surface area contributed by atoms with Crippen molar-refractivity contribution < 1.29 is 14.5 Å². The molecule has 3 amide bonds. The summed E-state index contributed by atoms with van der Waals surface area (Å²) < 4.78 is 0. The zero-order valence-electron chi connectivity index (χ0n) is 8.97. The Morgan fingerprint density at radius 3 is 2.59 bits per heavy atom. The number of nitrogens with zero attached hydrogens (tertiary/aromatic N) is 2. The molecule has 0 atom stereocenters. The first kappa shape index (κ1) is 11.1. The van der Waals surface area contributed by atoms with Crippen LogP contribution in [-0.4, -0.2) is 23.4 Å². The number of aryl methyl sites for hydroxylation is 1. The van der Waals surface area contributed by atoms with Gasteiger partial charge in [-0.15, -0.1) is 0 Å². The largest absolute Gasteiger partial charge is 0.329 e. The number of rotatable bonds is 2. The van der Waals surface area contributed by atoms with E-state index in [0.29, 0.717) is 11.3 Å². The van der Waals surface area contributed by atoms with Gasteiger partial charge in [0.1, 0.15) is 0 Å². The Kier molecular flexibility index (Phi) is 2.51. The van der Waals surface area contributed by atoms with Crippen LogP contribution in [-0.2, 0) is 4.79 Å². The van der Waals surface area contributed by atoms with Gasteiger partial charge in [-0.25, -0.2) is 9.69 Å². The quantitative estimate of drug-likeness (QED) is 0.469. The van der Waals surface area contributed by atoms with Crippen LogP contribution in [0.4, 0.5) is 16.2 Å². The van der Waals surface area contributed by atoms with Gasteiger partial charge in [0, 0.05) is 12.1 Å². The lowest BCUT2D eigenvalue weighted by molar-refractivity contribution is -0.384. The van der Waals surface area contributed by atoms with Crippen LogP contribution >= 0.6 is 0 Å². The van der Waals surface area contributed by atoms with E-state index in [1.165, 1.54) is 18.2 Å². The van der Waals surface area contributed by atoms with E-state index in [4.69, 9.17) is 0 Å². The van der Waals surface area contributed by atoms with E-state index in [1.54, 1.807) is 6.92 Å². The highest BCUT2D eigenvalue weighted by atomic mass is 16.6. The van der Waals surface area contributed by atoms with Gasteiger partial charge in [0.25, 0.3) is 11.6 Å². The van der Waals surface area contributed by atoms with Gasteiger partial charge in [-0.2, -0.15) is 0 Å². The topological polar surface area (TPSA) is 92.6 Å². The molecule has 88 valence electrons. The van der Waals surface area contributed by atoms with Crippen LogP contribution in [0, 0.1) is 17.0 Å². The molecule has 1 N–H and O–H groups in total. The molecule has 0 spiro atoms. The molecular weight excluding hydrogens is 226 g/mol. The summed E-state index contributed by atoms with van der Waals surface area (Å²) in [7, 11) is 0. The first-order valence-electron chi connectivity index (χ1n) is 4.86. The lowest BCUT2D eigenvalue weighted by atomic mass is 10.1. The number of carbonyl (C=O) groups excluding carboxylic acids is 2. The zero-order chi connectivity index (χ0) is 12.6. The average Bonchev–Trinajstić information content (AvgIpc) is 2.59. The van der Waals surface area contributed by atoms with Gasteiger partial charge < -0.3 is 5.32 Å². The molecule has 0 saturated carbocycles. The Hall–Kier alpha value is -2.44. The molecule has 7 nitrogen and oxygen atoms in total. The predicted molar refractivity (Wildman–Crippen MR) is 58.7 cm³/mol. The van der Waals surface area contributed by atoms with E-state index in [1.807, 2.05) is 0 Å². The summed E-state index contributed by atoms with van der Waals surface area (Å²) in [5.41, 5.74) is 0.804. The second-order valence-corrected chi connectivity index (χ2v) is 3.62. The summed E-state index contributed by atoms with van der Waals surface area (Å²) in [5, 5.41) is 12.9. The SMILES string of the molecule is Cc1cc([N+](=O)[O-])ccc1N1C(=O)CNC1=O. The molecule has 2 rings (SSSR count). The molecule has 0 radical (unpaired) electrons. The number of hydrogen-bond acceptors (Lipinski definition) is 4. The average molecular weight is 235 g/mol. The maximum Gasteiger partial charge on any atom is 0.329 e. The number of nitrogens with one attached hydrogen (secondary N) is 1. The van der Waals surface area contributed by atoms with Gasteiger partial charge in [0.05, 0.1) is 17.2 Å². The number of anilines is 1. The van der Waals surface area contributed by atoms with Crippen molar-refractivity contribution in [2.24, 2.45) is 0 Å². The van der Waals surface area contributed by atoms with Crippen molar-refractivity contribution >= 4 is 23.3 Å². The monoisotopic (exact) mass is 235 g/mol. The summed E-state index contributed by atoms with van der Waals surface area (Å²) in [5.74, 6) is -0.369. The molecule has 1 aliphatic heterocycles. The molecule has 1 heterocycles. The molecule has 1 saturated heterocycles. The number of urea groups is 1. The van der Waals surface area contributed by atoms with E-state index >= 15 is 0 Å². The third-order valence-corrected chi connectivity index (χ3v) is 2.48. The molecule has 1 fully saturated rings. The lowest BCUT2D eigenvalue weighted by Crippen LogP contribution is -2.31. The first-order valence-corrected chi connectivity index (χ1v) is 4.86. The smallest absolute Gasteiger partial charge is 0.328 e. The third kappa shape index (κ3) is 1.82. The van der Waals surface area contributed by atoms with Crippen molar-refractivity contribution in [3.63, 3.8) is 0 Å². The van der Waals surface area contributed by atoms with Gasteiger partial charge in [-0.1, -0.05) is 0 Å². The van der Waals surface area contributed by atoms with E-state index < -0.39 is 11.0 Å². The lowest BCUT2D eigenvalue weighted by Gasteiger charge is -2.14. The number of amides is 3. The number of hydrogen-bond donors (Lipinski definition) is 1. The van der Waals surface area contributed by atoms with Crippen molar-refractivity contribution in [3.05, 3.63) is 33.9 Å². The molecule has 0 bridgehead atoms. The van der Waals surface area contributed by atoms with Crippen molar-refractivity contribution in [3.8, 4) is 0 Å². The second kappa shape index (κ2) is 3.85. The van der Waals surface area contributed by atoms with Gasteiger partial charge in [0.2, 0.25) is 0 Å². The summed E-state index contributed by atoms with van der Waals surface area (Å²) in [6, 6.07) is 3.48. The Morgan fingerprint density at radius 1 is 1.41 bits per heavy atom. The predicted octanol–water partition coefficient (Wildman–Crippen LogP) is 0.959. The second-order valence-electron chi connectivity index (χ2n) is 3.62. The number of nitro groups is 1. The van der Waals surface area contributed by atoms with Crippen LogP contribution in [0.1, 0.15) is 5.56 Å². The fraction of sp³-hybridized carbons (Fsp3) is 0.200. The third-order valence-electron chi connectivity index (χ3n) is 2.48. The highest BCUT2D eigenvalue weighted by molar-refractivity contribution is 6.20. The van der Waals surface area contributed by atoms with Crippen molar-refractivity contribution in [2.45, 2.75) is 6.92 Å².